The number of aryl methyl sites for hydroxylation is 1. The molecule has 0 spiro atoms. The lowest BCUT2D eigenvalue weighted by atomic mass is 10.1. The number of hydrogen-bond donors (Lipinski definition) is 1. The maximum atomic E-state index is 13.2. The van der Waals surface area contributed by atoms with Crippen LogP contribution in [-0.4, -0.2) is 28.4 Å². The van der Waals surface area contributed by atoms with E-state index >= 15 is 0 Å². The van der Waals surface area contributed by atoms with Crippen LogP contribution >= 0.6 is 0 Å². The highest BCUT2D eigenvalue weighted by Crippen LogP contribution is 2.21. The number of nitrogens with zero attached hydrogens (tertiary/aromatic N) is 1. The fourth-order valence-electron chi connectivity index (χ4n) is 2.21. The Morgan fingerprint density at radius 3 is 2.78 bits per heavy atom. The lowest BCUT2D eigenvalue weighted by Crippen LogP contribution is -2.25. The molecule has 0 radical (unpaired) electrons. The number of carbonyl (C=O) groups excluding carboxylic acids is 1. The number of benzene rings is 1. The predicted molar refractivity (Wildman–Crippen MR) is 62.3 cm³/mol. The van der Waals surface area contributed by atoms with Crippen LogP contribution in [0.3, 0.4) is 0 Å². The number of carboxylic acids is 1. The molecule has 0 saturated carbocycles. The zero-order valence-corrected chi connectivity index (χ0v) is 10.0. The van der Waals surface area contributed by atoms with Crippen LogP contribution in [0.2, 0.25) is 0 Å². The second-order valence-corrected chi connectivity index (χ2v) is 4.65. The van der Waals surface area contributed by atoms with Crippen LogP contribution in [0.15, 0.2) is 18.2 Å². The number of rotatable bonds is 3. The van der Waals surface area contributed by atoms with Gasteiger partial charge in [0.1, 0.15) is 5.82 Å². The van der Waals surface area contributed by atoms with Crippen molar-refractivity contribution in [3.8, 4) is 0 Å². The molecule has 1 atom stereocenters. The summed E-state index contributed by atoms with van der Waals surface area (Å²) >= 11 is 0. The Bertz CT molecular complexity index is 481. The van der Waals surface area contributed by atoms with E-state index in [1.807, 2.05) is 0 Å². The summed E-state index contributed by atoms with van der Waals surface area (Å²) in [6.07, 6.45) is 0.0314. The third kappa shape index (κ3) is 2.67. The van der Waals surface area contributed by atoms with E-state index in [0.29, 0.717) is 5.56 Å². The van der Waals surface area contributed by atoms with Gasteiger partial charge in [0.25, 0.3) is 0 Å². The van der Waals surface area contributed by atoms with Gasteiger partial charge in [0.2, 0.25) is 5.91 Å². The molecule has 1 aliphatic heterocycles. The summed E-state index contributed by atoms with van der Waals surface area (Å²) in [7, 11) is 0. The van der Waals surface area contributed by atoms with Crippen molar-refractivity contribution in [2.45, 2.75) is 19.9 Å². The number of carbonyl (C=O) groups is 2. The van der Waals surface area contributed by atoms with E-state index in [1.54, 1.807) is 13.0 Å². The van der Waals surface area contributed by atoms with Gasteiger partial charge in [0.05, 0.1) is 5.92 Å². The van der Waals surface area contributed by atoms with Crippen molar-refractivity contribution in [3.05, 3.63) is 35.1 Å². The number of carboxylic acid groups (broad SMARTS) is 1. The first-order chi connectivity index (χ1) is 8.45. The predicted octanol–water partition coefficient (Wildman–Crippen LogP) is 1.57. The zero-order chi connectivity index (χ0) is 13.3. The lowest BCUT2D eigenvalue weighted by molar-refractivity contribution is -0.141. The average Bonchev–Trinajstić information content (AvgIpc) is 2.59. The summed E-state index contributed by atoms with van der Waals surface area (Å²) < 4.78 is 13.2. The van der Waals surface area contributed by atoms with Gasteiger partial charge in [0.15, 0.2) is 0 Å². The fraction of sp³-hybridized carbons (Fsp3) is 0.385. The molecule has 0 bridgehead atoms. The number of amides is 1. The first kappa shape index (κ1) is 12.5. The van der Waals surface area contributed by atoms with Crippen LogP contribution in [0.1, 0.15) is 17.5 Å². The van der Waals surface area contributed by atoms with Gasteiger partial charge in [-0.3, -0.25) is 9.59 Å². The van der Waals surface area contributed by atoms with Crippen LogP contribution in [0.5, 0.6) is 0 Å². The van der Waals surface area contributed by atoms with Crippen LogP contribution in [0.4, 0.5) is 4.39 Å². The van der Waals surface area contributed by atoms with Crippen molar-refractivity contribution < 1.29 is 19.1 Å². The number of aliphatic carboxylic acids is 1. The second kappa shape index (κ2) is 4.76. The molecule has 0 aliphatic carbocycles. The van der Waals surface area contributed by atoms with Gasteiger partial charge in [-0.1, -0.05) is 6.07 Å². The molecular formula is C13H14FNO3. The summed E-state index contributed by atoms with van der Waals surface area (Å²) in [6.45, 7) is 2.24. The monoisotopic (exact) mass is 251 g/mol. The summed E-state index contributed by atoms with van der Waals surface area (Å²) in [4.78, 5) is 23.9. The Kier molecular flexibility index (Phi) is 3.32. The maximum Gasteiger partial charge on any atom is 0.308 e. The summed E-state index contributed by atoms with van der Waals surface area (Å²) in [5.74, 6) is -2.14. The van der Waals surface area contributed by atoms with E-state index < -0.39 is 11.9 Å². The molecule has 1 heterocycles. The highest BCUT2D eigenvalue weighted by atomic mass is 19.1. The van der Waals surface area contributed by atoms with Crippen molar-refractivity contribution in [1.82, 2.24) is 4.90 Å². The highest BCUT2D eigenvalue weighted by Gasteiger charge is 2.34. The Morgan fingerprint density at radius 2 is 2.22 bits per heavy atom. The minimum Gasteiger partial charge on any atom is -0.481 e. The number of likely N-dealkylation sites (tertiary alicyclic amines) is 1. The van der Waals surface area contributed by atoms with Crippen LogP contribution < -0.4 is 0 Å². The minimum atomic E-state index is -0.957. The van der Waals surface area contributed by atoms with Crippen LogP contribution in [0, 0.1) is 18.7 Å². The van der Waals surface area contributed by atoms with E-state index in [4.69, 9.17) is 5.11 Å². The Balaban J connectivity index is 2.10. The molecule has 1 fully saturated rings. The molecule has 1 N–H and O–H groups in total. The van der Waals surface area contributed by atoms with Crippen LogP contribution in [0.25, 0.3) is 0 Å². The van der Waals surface area contributed by atoms with E-state index in [1.165, 1.54) is 17.0 Å². The SMILES string of the molecule is Cc1cc(F)cc(CN2CC(C(=O)O)CC2=O)c1. The fourth-order valence-corrected chi connectivity index (χ4v) is 2.21. The van der Waals surface area contributed by atoms with Crippen molar-refractivity contribution >= 4 is 11.9 Å². The Labute approximate surface area is 104 Å². The normalized spacial score (nSPS) is 19.3. The van der Waals surface area contributed by atoms with Crippen molar-refractivity contribution in [3.63, 3.8) is 0 Å². The van der Waals surface area contributed by atoms with E-state index in [9.17, 15) is 14.0 Å². The van der Waals surface area contributed by atoms with Gasteiger partial charge in [-0.25, -0.2) is 4.39 Å². The molecule has 18 heavy (non-hydrogen) atoms. The highest BCUT2D eigenvalue weighted by molar-refractivity contribution is 5.86. The van der Waals surface area contributed by atoms with Gasteiger partial charge >= 0.3 is 5.97 Å². The van der Waals surface area contributed by atoms with E-state index in [-0.39, 0.29) is 31.2 Å². The molecule has 1 unspecified atom stereocenters. The number of halogens is 1. The maximum absolute atomic E-state index is 13.2. The topological polar surface area (TPSA) is 57.6 Å². The average molecular weight is 251 g/mol. The second-order valence-electron chi connectivity index (χ2n) is 4.65. The van der Waals surface area contributed by atoms with Gasteiger partial charge in [-0.05, 0) is 30.2 Å². The largest absolute Gasteiger partial charge is 0.481 e. The summed E-state index contributed by atoms with van der Waals surface area (Å²) in [6, 6.07) is 4.58. The molecule has 0 aromatic heterocycles. The molecule has 1 amide bonds. The van der Waals surface area contributed by atoms with Gasteiger partial charge < -0.3 is 10.0 Å². The van der Waals surface area contributed by atoms with Gasteiger partial charge in [0, 0.05) is 19.5 Å². The Morgan fingerprint density at radius 1 is 1.50 bits per heavy atom. The first-order valence-corrected chi connectivity index (χ1v) is 5.72. The lowest BCUT2D eigenvalue weighted by Gasteiger charge is -2.16. The summed E-state index contributed by atoms with van der Waals surface area (Å²) in [5, 5.41) is 8.86. The third-order valence-corrected chi connectivity index (χ3v) is 3.04. The molecule has 96 valence electrons. The quantitative estimate of drug-likeness (QED) is 0.887. The van der Waals surface area contributed by atoms with Crippen molar-refractivity contribution in [2.75, 3.05) is 6.54 Å². The van der Waals surface area contributed by atoms with Gasteiger partial charge in [-0.2, -0.15) is 0 Å². The molecule has 1 aromatic carbocycles. The van der Waals surface area contributed by atoms with Crippen LogP contribution in [-0.2, 0) is 16.1 Å². The molecule has 4 nitrogen and oxygen atoms in total. The molecule has 1 saturated heterocycles. The first-order valence-electron chi connectivity index (χ1n) is 5.72. The zero-order valence-electron chi connectivity index (χ0n) is 10.0. The molecule has 5 heteroatoms. The van der Waals surface area contributed by atoms with E-state index in [0.717, 1.165) is 5.56 Å². The van der Waals surface area contributed by atoms with E-state index in [2.05, 4.69) is 0 Å². The molecule has 1 aliphatic rings. The molecular weight excluding hydrogens is 237 g/mol. The standard InChI is InChI=1S/C13H14FNO3/c1-8-2-9(4-11(14)3-8)6-15-7-10(13(17)18)5-12(15)16/h2-4,10H,5-7H2,1H3,(H,17,18). The summed E-state index contributed by atoms with van der Waals surface area (Å²) in [5.41, 5.74) is 1.47. The molecule has 2 rings (SSSR count). The van der Waals surface area contributed by atoms with Gasteiger partial charge in [-0.15, -0.1) is 0 Å². The third-order valence-electron chi connectivity index (χ3n) is 3.04. The Hall–Kier alpha value is -1.91. The minimum absolute atomic E-state index is 0.0314. The molecule has 1 aromatic rings. The number of hydrogen-bond acceptors (Lipinski definition) is 2. The smallest absolute Gasteiger partial charge is 0.308 e. The van der Waals surface area contributed by atoms with Crippen molar-refractivity contribution in [2.24, 2.45) is 5.92 Å². The van der Waals surface area contributed by atoms with Crippen molar-refractivity contribution in [1.29, 1.82) is 0 Å².